The second-order valence-electron chi connectivity index (χ2n) is 10.9. The number of anilines is 1. The summed E-state index contributed by atoms with van der Waals surface area (Å²) in [5.41, 5.74) is 0.145. The smallest absolute Gasteiger partial charge is 0.366 e. The van der Waals surface area contributed by atoms with Crippen LogP contribution in [-0.4, -0.2) is 47.0 Å². The van der Waals surface area contributed by atoms with E-state index in [0.717, 1.165) is 13.0 Å². The molecule has 1 N–H and O–H groups in total. The highest BCUT2D eigenvalue weighted by Crippen LogP contribution is 2.48. The fraction of sp³-hybridized carbons (Fsp3) is 0.323. The predicted octanol–water partition coefficient (Wildman–Crippen LogP) is 5.52. The molecule has 2 amide bonds. The number of nitrogens with zero attached hydrogens (tertiary/aromatic N) is 3. The third-order valence-electron chi connectivity index (χ3n) is 8.09. The van der Waals surface area contributed by atoms with Gasteiger partial charge in [0, 0.05) is 23.6 Å². The molecule has 1 aliphatic carbocycles. The Morgan fingerprint density at radius 3 is 2.45 bits per heavy atom. The molecule has 2 unspecified atom stereocenters. The largest absolute Gasteiger partial charge is 0.397 e. The van der Waals surface area contributed by atoms with Gasteiger partial charge in [-0.25, -0.2) is 9.07 Å². The molecule has 42 heavy (non-hydrogen) atoms. The van der Waals surface area contributed by atoms with Crippen LogP contribution in [0.1, 0.15) is 49.1 Å². The number of aromatic nitrogens is 2. The summed E-state index contributed by atoms with van der Waals surface area (Å²) in [6.07, 6.45) is -1.90. The topological polar surface area (TPSA) is 79.8 Å². The zero-order chi connectivity index (χ0) is 29.8. The van der Waals surface area contributed by atoms with E-state index in [1.54, 1.807) is 23.7 Å². The van der Waals surface area contributed by atoms with Gasteiger partial charge in [0.25, 0.3) is 5.91 Å². The minimum absolute atomic E-state index is 0.0949. The van der Waals surface area contributed by atoms with E-state index in [-0.39, 0.29) is 18.2 Å². The molecule has 7 nitrogen and oxygen atoms in total. The monoisotopic (exact) mass is 580 g/mol. The van der Waals surface area contributed by atoms with Crippen LogP contribution in [0.4, 0.5) is 23.4 Å². The van der Waals surface area contributed by atoms with Crippen molar-refractivity contribution in [1.29, 1.82) is 0 Å². The Balaban J connectivity index is 1.48. The summed E-state index contributed by atoms with van der Waals surface area (Å²) >= 11 is 0. The SMILES string of the molecule is CCN1C(=O)[C@H](NC(=O)C2=CC=CC(C)(C(F)(F)F)C2)[C@@H](c2ccc(F)cc2)c2c(C3CO3)nn(-c3ccccc3)c21. The van der Waals surface area contributed by atoms with Crippen molar-refractivity contribution in [2.75, 3.05) is 18.1 Å². The van der Waals surface area contributed by atoms with Crippen molar-refractivity contribution < 1.29 is 31.9 Å². The number of likely N-dealkylation sites (N-methyl/N-ethyl adjacent to an activating group) is 1. The minimum atomic E-state index is -4.57. The normalized spacial score (nSPS) is 25.2. The number of hydrogen-bond donors (Lipinski definition) is 1. The van der Waals surface area contributed by atoms with Crippen molar-refractivity contribution in [1.82, 2.24) is 15.1 Å². The summed E-state index contributed by atoms with van der Waals surface area (Å²) < 4.78 is 62.7. The van der Waals surface area contributed by atoms with Crippen molar-refractivity contribution in [3.05, 3.63) is 101 Å². The summed E-state index contributed by atoms with van der Waals surface area (Å²) in [7, 11) is 0. The van der Waals surface area contributed by atoms with Crippen molar-refractivity contribution in [3.63, 3.8) is 0 Å². The number of halogens is 4. The molecule has 6 rings (SSSR count). The summed E-state index contributed by atoms with van der Waals surface area (Å²) in [5.74, 6) is -2.03. The number of carbonyl (C=O) groups excluding carboxylic acids is 2. The summed E-state index contributed by atoms with van der Waals surface area (Å²) in [6, 6.07) is 13.7. The third kappa shape index (κ3) is 4.71. The number of amides is 2. The zero-order valence-corrected chi connectivity index (χ0v) is 22.9. The van der Waals surface area contributed by atoms with Gasteiger partial charge >= 0.3 is 6.18 Å². The number of fused-ring (bicyclic) bond motifs is 1. The van der Waals surface area contributed by atoms with Crippen LogP contribution < -0.4 is 10.2 Å². The molecule has 1 saturated heterocycles. The molecule has 3 heterocycles. The van der Waals surface area contributed by atoms with E-state index in [0.29, 0.717) is 34.9 Å². The fourth-order valence-corrected chi connectivity index (χ4v) is 5.72. The summed E-state index contributed by atoms with van der Waals surface area (Å²) in [5, 5.41) is 7.63. The third-order valence-corrected chi connectivity index (χ3v) is 8.09. The number of alkyl halides is 3. The highest BCUT2D eigenvalue weighted by Gasteiger charge is 2.52. The Morgan fingerprint density at radius 1 is 1.14 bits per heavy atom. The Morgan fingerprint density at radius 2 is 1.83 bits per heavy atom. The lowest BCUT2D eigenvalue weighted by Gasteiger charge is -2.39. The predicted molar refractivity (Wildman–Crippen MR) is 146 cm³/mol. The lowest BCUT2D eigenvalue weighted by molar-refractivity contribution is -0.199. The molecular formula is C31H28F4N4O3. The number of para-hydroxylation sites is 1. The highest BCUT2D eigenvalue weighted by molar-refractivity contribution is 6.05. The minimum Gasteiger partial charge on any atom is -0.366 e. The first-order valence-corrected chi connectivity index (χ1v) is 13.6. The standard InChI is InChI=1S/C31H28F4N4O3/c1-3-38-28-24(25(22-17-42-22)37-39(28)21-9-5-4-6-10-21)23(18-11-13-20(32)14-12-18)26(29(38)41)36-27(40)19-8-7-15-30(2,16-19)31(33,34)35/h4-15,22-23,26H,3,16-17H2,1-2H3,(H,36,40)/t22?,23-,26+,30?/m0/s1. The first-order chi connectivity index (χ1) is 20.0. The maximum absolute atomic E-state index is 14.2. The zero-order valence-electron chi connectivity index (χ0n) is 22.9. The molecular weight excluding hydrogens is 552 g/mol. The van der Waals surface area contributed by atoms with Gasteiger partial charge in [-0.05, 0) is 50.1 Å². The van der Waals surface area contributed by atoms with Crippen molar-refractivity contribution in [3.8, 4) is 5.69 Å². The van der Waals surface area contributed by atoms with Gasteiger partial charge in [-0.2, -0.15) is 18.3 Å². The van der Waals surface area contributed by atoms with E-state index < -0.39 is 47.6 Å². The quantitative estimate of drug-likeness (QED) is 0.308. The van der Waals surface area contributed by atoms with Crippen LogP contribution in [0.15, 0.2) is 78.4 Å². The number of carbonyl (C=O) groups is 2. The molecule has 2 aliphatic heterocycles. The van der Waals surface area contributed by atoms with Crippen molar-refractivity contribution in [2.24, 2.45) is 5.41 Å². The van der Waals surface area contributed by atoms with E-state index in [9.17, 15) is 27.2 Å². The number of rotatable bonds is 6. The number of ether oxygens (including phenoxy) is 1. The first-order valence-electron chi connectivity index (χ1n) is 13.6. The molecule has 0 spiro atoms. The second-order valence-corrected chi connectivity index (χ2v) is 10.9. The van der Waals surface area contributed by atoms with Crippen LogP contribution >= 0.6 is 0 Å². The molecule has 4 atom stereocenters. The van der Waals surface area contributed by atoms with Gasteiger partial charge in [0.2, 0.25) is 5.91 Å². The molecule has 3 aromatic rings. The average molecular weight is 581 g/mol. The van der Waals surface area contributed by atoms with Gasteiger partial charge < -0.3 is 10.1 Å². The Kier molecular flexibility index (Phi) is 6.80. The number of hydrogen-bond acceptors (Lipinski definition) is 4. The van der Waals surface area contributed by atoms with Crippen molar-refractivity contribution in [2.45, 2.75) is 44.5 Å². The van der Waals surface area contributed by atoms with Crippen LogP contribution in [0.5, 0.6) is 0 Å². The van der Waals surface area contributed by atoms with Crippen molar-refractivity contribution >= 4 is 17.6 Å². The summed E-state index contributed by atoms with van der Waals surface area (Å²) in [4.78, 5) is 29.3. The van der Waals surface area contributed by atoms with Gasteiger partial charge in [0.15, 0.2) is 0 Å². The fourth-order valence-electron chi connectivity index (χ4n) is 5.72. The first kappa shape index (κ1) is 27.9. The summed E-state index contributed by atoms with van der Waals surface area (Å²) in [6.45, 7) is 3.47. The molecule has 3 aliphatic rings. The molecule has 0 radical (unpaired) electrons. The lowest BCUT2D eigenvalue weighted by Crippen LogP contribution is -2.56. The molecule has 11 heteroatoms. The Hall–Kier alpha value is -4.25. The average Bonchev–Trinajstić information content (AvgIpc) is 3.74. The van der Waals surface area contributed by atoms with E-state index in [1.807, 2.05) is 30.3 Å². The number of nitrogens with one attached hydrogen (secondary N) is 1. The van der Waals surface area contributed by atoms with Crippen LogP contribution in [0.3, 0.4) is 0 Å². The van der Waals surface area contributed by atoms with Crippen LogP contribution in [0, 0.1) is 11.2 Å². The Bertz CT molecular complexity index is 1590. The second kappa shape index (κ2) is 10.2. The van der Waals surface area contributed by atoms with Crippen LogP contribution in [-0.2, 0) is 14.3 Å². The van der Waals surface area contributed by atoms with Gasteiger partial charge in [0.05, 0.1) is 17.7 Å². The molecule has 0 bridgehead atoms. The number of benzene rings is 2. The van der Waals surface area contributed by atoms with Crippen LogP contribution in [0.2, 0.25) is 0 Å². The van der Waals surface area contributed by atoms with E-state index in [4.69, 9.17) is 9.84 Å². The molecule has 1 fully saturated rings. The lowest BCUT2D eigenvalue weighted by atomic mass is 9.78. The molecule has 0 saturated carbocycles. The van der Waals surface area contributed by atoms with Gasteiger partial charge in [-0.15, -0.1) is 0 Å². The van der Waals surface area contributed by atoms with E-state index >= 15 is 0 Å². The van der Waals surface area contributed by atoms with Gasteiger partial charge in [-0.3, -0.25) is 14.5 Å². The maximum atomic E-state index is 14.2. The van der Waals surface area contributed by atoms with Gasteiger partial charge in [0.1, 0.15) is 29.5 Å². The highest BCUT2D eigenvalue weighted by atomic mass is 19.4. The Labute approximate surface area is 239 Å². The molecule has 2 aromatic carbocycles. The molecule has 1 aromatic heterocycles. The number of allylic oxidation sites excluding steroid dienone is 3. The van der Waals surface area contributed by atoms with Crippen LogP contribution in [0.25, 0.3) is 5.69 Å². The van der Waals surface area contributed by atoms with E-state index in [1.165, 1.54) is 29.2 Å². The molecule has 218 valence electrons. The number of epoxide rings is 1. The van der Waals surface area contributed by atoms with Gasteiger partial charge in [-0.1, -0.05) is 48.6 Å². The maximum Gasteiger partial charge on any atom is 0.397 e. The van der Waals surface area contributed by atoms with E-state index in [2.05, 4.69) is 5.32 Å².